The van der Waals surface area contributed by atoms with E-state index in [0.717, 1.165) is 6.42 Å². The Hall–Kier alpha value is -0.900. The number of nitro groups is 1. The second-order valence-electron chi connectivity index (χ2n) is 3.05. The van der Waals surface area contributed by atoms with Crippen LogP contribution in [-0.4, -0.2) is 22.2 Å². The van der Waals surface area contributed by atoms with Crippen molar-refractivity contribution in [2.75, 3.05) is 0 Å². The topological polar surface area (TPSA) is 63.4 Å². The normalized spacial score (nSPS) is 15.9. The molecule has 4 nitrogen and oxygen atoms in total. The molecule has 0 rings (SSSR count). The molecule has 2 unspecified atom stereocenters. The molecule has 2 atom stereocenters. The minimum Gasteiger partial charge on any atom is -0.386 e. The van der Waals surface area contributed by atoms with Crippen molar-refractivity contribution in [1.82, 2.24) is 0 Å². The van der Waals surface area contributed by atoms with Crippen LogP contribution in [0.4, 0.5) is 0 Å². The highest BCUT2D eigenvalue weighted by Gasteiger charge is 2.22. The minimum absolute atomic E-state index is 0.450. The zero-order valence-electron chi connectivity index (χ0n) is 8.14. The molecule has 0 aliphatic carbocycles. The molecule has 0 aliphatic rings. The van der Waals surface area contributed by atoms with E-state index < -0.39 is 17.1 Å². The maximum absolute atomic E-state index is 10.3. The van der Waals surface area contributed by atoms with E-state index in [1.807, 2.05) is 19.1 Å². The summed E-state index contributed by atoms with van der Waals surface area (Å²) in [5.74, 6) is 0. The van der Waals surface area contributed by atoms with E-state index in [9.17, 15) is 15.2 Å². The zero-order chi connectivity index (χ0) is 10.3. The molecule has 76 valence electrons. The summed E-state index contributed by atoms with van der Waals surface area (Å²) in [6, 6.07) is -0.866. The molecule has 0 aliphatic heterocycles. The van der Waals surface area contributed by atoms with Gasteiger partial charge in [-0.3, -0.25) is 10.1 Å². The number of aliphatic hydroxyl groups excluding tert-OH is 1. The molecule has 1 N–H and O–H groups in total. The number of nitrogens with zero attached hydrogens (tertiary/aromatic N) is 1. The summed E-state index contributed by atoms with van der Waals surface area (Å²) >= 11 is 0. The van der Waals surface area contributed by atoms with Crippen molar-refractivity contribution < 1.29 is 10.0 Å². The summed E-state index contributed by atoms with van der Waals surface area (Å²) in [7, 11) is 0. The molecule has 0 radical (unpaired) electrons. The predicted octanol–water partition coefficient (Wildman–Crippen LogP) is 1.76. The molecule has 4 heteroatoms. The molecule has 0 aromatic carbocycles. The van der Waals surface area contributed by atoms with Crippen molar-refractivity contribution >= 4 is 0 Å². The van der Waals surface area contributed by atoms with Gasteiger partial charge in [-0.25, -0.2) is 0 Å². The van der Waals surface area contributed by atoms with Crippen LogP contribution in [0.1, 0.15) is 33.1 Å². The molecule has 0 heterocycles. The lowest BCUT2D eigenvalue weighted by Gasteiger charge is -2.10. The first kappa shape index (κ1) is 12.1. The Labute approximate surface area is 78.4 Å². The van der Waals surface area contributed by atoms with E-state index in [-0.39, 0.29) is 0 Å². The molecule has 13 heavy (non-hydrogen) atoms. The van der Waals surface area contributed by atoms with Gasteiger partial charge in [0.1, 0.15) is 6.10 Å². The Bertz CT molecular complexity index is 180. The van der Waals surface area contributed by atoms with Gasteiger partial charge >= 0.3 is 0 Å². The van der Waals surface area contributed by atoms with Gasteiger partial charge in [0, 0.05) is 11.8 Å². The van der Waals surface area contributed by atoms with Crippen LogP contribution in [-0.2, 0) is 0 Å². The van der Waals surface area contributed by atoms with Gasteiger partial charge in [0.15, 0.2) is 0 Å². The van der Waals surface area contributed by atoms with Crippen LogP contribution < -0.4 is 0 Å². The van der Waals surface area contributed by atoms with Crippen molar-refractivity contribution in [3.63, 3.8) is 0 Å². The highest BCUT2D eigenvalue weighted by Crippen LogP contribution is 2.05. The lowest BCUT2D eigenvalue weighted by Crippen LogP contribution is -2.30. The number of hydrogen-bond acceptors (Lipinski definition) is 3. The van der Waals surface area contributed by atoms with E-state index >= 15 is 0 Å². The van der Waals surface area contributed by atoms with E-state index in [0.29, 0.717) is 12.8 Å². The summed E-state index contributed by atoms with van der Waals surface area (Å²) < 4.78 is 0. The quantitative estimate of drug-likeness (QED) is 0.391. The van der Waals surface area contributed by atoms with Crippen LogP contribution in [0.25, 0.3) is 0 Å². The molecular formula is C9H17NO3. The molecule has 0 spiro atoms. The van der Waals surface area contributed by atoms with Crippen molar-refractivity contribution in [3.05, 3.63) is 22.3 Å². The predicted molar refractivity (Wildman–Crippen MR) is 51.1 cm³/mol. The third kappa shape index (κ3) is 5.36. The Morgan fingerprint density at radius 3 is 2.62 bits per heavy atom. The van der Waals surface area contributed by atoms with E-state index in [2.05, 4.69) is 0 Å². The lowest BCUT2D eigenvalue weighted by molar-refractivity contribution is -0.529. The van der Waals surface area contributed by atoms with Crippen LogP contribution >= 0.6 is 0 Å². The standard InChI is InChI=1S/C9H17NO3/c1-3-4-5-6-7-9(11)8(2)10(12)13/h4-5,8-9,11H,3,6-7H2,1-2H3/b5-4-. The smallest absolute Gasteiger partial charge is 0.235 e. The fraction of sp³-hybridized carbons (Fsp3) is 0.778. The third-order valence-electron chi connectivity index (χ3n) is 1.92. The molecule has 0 saturated heterocycles. The molecule has 0 aromatic heterocycles. The maximum Gasteiger partial charge on any atom is 0.235 e. The van der Waals surface area contributed by atoms with Gasteiger partial charge in [-0.15, -0.1) is 0 Å². The zero-order valence-corrected chi connectivity index (χ0v) is 8.14. The second kappa shape index (κ2) is 6.60. The Morgan fingerprint density at radius 2 is 2.15 bits per heavy atom. The molecular weight excluding hydrogens is 170 g/mol. The highest BCUT2D eigenvalue weighted by molar-refractivity contribution is 4.81. The summed E-state index contributed by atoms with van der Waals surface area (Å²) in [6.45, 7) is 3.45. The molecule has 0 saturated carbocycles. The van der Waals surface area contributed by atoms with Gasteiger partial charge in [0.25, 0.3) is 0 Å². The van der Waals surface area contributed by atoms with Gasteiger partial charge < -0.3 is 5.11 Å². The monoisotopic (exact) mass is 187 g/mol. The van der Waals surface area contributed by atoms with Gasteiger partial charge in [-0.05, 0) is 19.3 Å². The fourth-order valence-corrected chi connectivity index (χ4v) is 0.933. The number of rotatable bonds is 6. The first-order chi connectivity index (χ1) is 6.09. The van der Waals surface area contributed by atoms with Crippen LogP contribution in [0.2, 0.25) is 0 Å². The van der Waals surface area contributed by atoms with E-state index in [4.69, 9.17) is 0 Å². The van der Waals surface area contributed by atoms with Crippen molar-refractivity contribution in [3.8, 4) is 0 Å². The lowest BCUT2D eigenvalue weighted by atomic mass is 10.1. The molecule has 0 amide bonds. The Morgan fingerprint density at radius 1 is 1.54 bits per heavy atom. The number of aliphatic hydroxyl groups is 1. The first-order valence-corrected chi connectivity index (χ1v) is 4.56. The van der Waals surface area contributed by atoms with E-state index in [1.54, 1.807) is 0 Å². The van der Waals surface area contributed by atoms with Crippen LogP contribution in [0.5, 0.6) is 0 Å². The summed E-state index contributed by atoms with van der Waals surface area (Å²) in [4.78, 5) is 9.81. The second-order valence-corrected chi connectivity index (χ2v) is 3.05. The summed E-state index contributed by atoms with van der Waals surface area (Å²) in [6.07, 6.45) is 5.21. The number of hydrogen-bond donors (Lipinski definition) is 1. The molecule has 0 fully saturated rings. The van der Waals surface area contributed by atoms with Crippen molar-refractivity contribution in [2.45, 2.75) is 45.3 Å². The molecule has 0 bridgehead atoms. The van der Waals surface area contributed by atoms with Crippen molar-refractivity contribution in [2.24, 2.45) is 0 Å². The van der Waals surface area contributed by atoms with Gasteiger partial charge in [-0.2, -0.15) is 0 Å². The van der Waals surface area contributed by atoms with Crippen LogP contribution in [0, 0.1) is 10.1 Å². The molecule has 0 aromatic rings. The summed E-state index contributed by atoms with van der Waals surface area (Å²) in [5, 5.41) is 19.6. The van der Waals surface area contributed by atoms with Gasteiger partial charge in [0.05, 0.1) is 0 Å². The van der Waals surface area contributed by atoms with Crippen LogP contribution in [0.15, 0.2) is 12.2 Å². The minimum atomic E-state index is -0.866. The Balaban J connectivity index is 3.67. The fourth-order valence-electron chi connectivity index (χ4n) is 0.933. The summed E-state index contributed by atoms with van der Waals surface area (Å²) in [5.41, 5.74) is 0. The van der Waals surface area contributed by atoms with Crippen LogP contribution in [0.3, 0.4) is 0 Å². The van der Waals surface area contributed by atoms with E-state index in [1.165, 1.54) is 6.92 Å². The van der Waals surface area contributed by atoms with Crippen molar-refractivity contribution in [1.29, 1.82) is 0 Å². The Kier molecular flexibility index (Phi) is 6.14. The van der Waals surface area contributed by atoms with Gasteiger partial charge in [-0.1, -0.05) is 19.1 Å². The third-order valence-corrected chi connectivity index (χ3v) is 1.92. The first-order valence-electron chi connectivity index (χ1n) is 4.56. The maximum atomic E-state index is 10.3. The highest BCUT2D eigenvalue weighted by atomic mass is 16.6. The largest absolute Gasteiger partial charge is 0.386 e. The number of allylic oxidation sites excluding steroid dienone is 2. The average molecular weight is 187 g/mol. The average Bonchev–Trinajstić information content (AvgIpc) is 2.10. The SMILES string of the molecule is CC/C=C\CCC(O)C(C)[N+](=O)[O-]. The van der Waals surface area contributed by atoms with Gasteiger partial charge in [0.2, 0.25) is 6.04 Å².